The molecule has 116 valence electrons. The predicted molar refractivity (Wildman–Crippen MR) is 83.8 cm³/mol. The van der Waals surface area contributed by atoms with Gasteiger partial charge in [-0.25, -0.2) is 8.42 Å². The molecule has 21 heavy (non-hydrogen) atoms. The Morgan fingerprint density at radius 1 is 1.33 bits per heavy atom. The molecule has 1 N–H and O–H groups in total. The highest BCUT2D eigenvalue weighted by atomic mass is 32.2. The molecule has 1 aromatic carbocycles. The number of amides is 1. The van der Waals surface area contributed by atoms with Gasteiger partial charge >= 0.3 is 0 Å². The fourth-order valence-electron chi connectivity index (χ4n) is 2.22. The van der Waals surface area contributed by atoms with E-state index < -0.39 is 10.0 Å². The first-order valence-electron chi connectivity index (χ1n) is 7.20. The zero-order valence-corrected chi connectivity index (χ0v) is 13.3. The summed E-state index contributed by atoms with van der Waals surface area (Å²) in [7, 11) is -3.35. The van der Waals surface area contributed by atoms with Gasteiger partial charge in [-0.15, -0.1) is 0 Å². The molecule has 0 bridgehead atoms. The van der Waals surface area contributed by atoms with Gasteiger partial charge in [-0.3, -0.25) is 9.10 Å². The summed E-state index contributed by atoms with van der Waals surface area (Å²) in [5, 5.41) is 2.91. The normalized spacial score (nSPS) is 14.8. The molecule has 0 radical (unpaired) electrons. The van der Waals surface area contributed by atoms with E-state index >= 15 is 0 Å². The van der Waals surface area contributed by atoms with E-state index in [9.17, 15) is 13.2 Å². The van der Waals surface area contributed by atoms with Gasteiger partial charge in [0, 0.05) is 19.0 Å². The second-order valence-corrected chi connectivity index (χ2v) is 7.47. The molecule has 1 amide bonds. The number of carbonyl (C=O) groups excluding carboxylic acids is 1. The molecular weight excluding hydrogens is 288 g/mol. The zero-order valence-electron chi connectivity index (χ0n) is 12.5. The van der Waals surface area contributed by atoms with Crippen LogP contribution in [0.1, 0.15) is 31.2 Å². The van der Waals surface area contributed by atoms with E-state index in [0.717, 1.165) is 18.4 Å². The van der Waals surface area contributed by atoms with Crippen LogP contribution in [0.3, 0.4) is 0 Å². The van der Waals surface area contributed by atoms with E-state index in [1.54, 1.807) is 6.07 Å². The molecule has 0 unspecified atom stereocenters. The first-order chi connectivity index (χ1) is 9.88. The summed E-state index contributed by atoms with van der Waals surface area (Å²) in [6, 6.07) is 7.72. The summed E-state index contributed by atoms with van der Waals surface area (Å²) in [5.41, 5.74) is 1.59. The largest absolute Gasteiger partial charge is 0.353 e. The second-order valence-electron chi connectivity index (χ2n) is 5.57. The van der Waals surface area contributed by atoms with Crippen LogP contribution < -0.4 is 9.62 Å². The third kappa shape index (κ3) is 4.74. The molecular formula is C15H22N2O3S. The van der Waals surface area contributed by atoms with E-state index in [-0.39, 0.29) is 5.91 Å². The summed E-state index contributed by atoms with van der Waals surface area (Å²) >= 11 is 0. The molecule has 0 atom stereocenters. The molecule has 2 rings (SSSR count). The van der Waals surface area contributed by atoms with Crippen LogP contribution in [-0.2, 0) is 14.8 Å². The van der Waals surface area contributed by atoms with Crippen LogP contribution in [0.5, 0.6) is 0 Å². The standard InChI is InChI=1S/C15H22N2O3S/c1-12-6-3-4-7-14(12)17(21(2,19)20)11-5-8-15(18)16-13-9-10-13/h3-4,6-7,13H,5,8-11H2,1-2H3,(H,16,18). The van der Waals surface area contributed by atoms with Gasteiger partial charge in [-0.05, 0) is 37.8 Å². The molecule has 5 nitrogen and oxygen atoms in total. The van der Waals surface area contributed by atoms with Crippen molar-refractivity contribution in [2.24, 2.45) is 0 Å². The van der Waals surface area contributed by atoms with Crippen molar-refractivity contribution in [3.05, 3.63) is 29.8 Å². The van der Waals surface area contributed by atoms with Crippen LogP contribution in [-0.4, -0.2) is 33.2 Å². The molecule has 0 spiro atoms. The monoisotopic (exact) mass is 310 g/mol. The fraction of sp³-hybridized carbons (Fsp3) is 0.533. The van der Waals surface area contributed by atoms with Crippen molar-refractivity contribution in [3.63, 3.8) is 0 Å². The Labute approximate surface area is 126 Å². The Morgan fingerprint density at radius 3 is 2.57 bits per heavy atom. The number of anilines is 1. The van der Waals surface area contributed by atoms with Gasteiger partial charge in [0.15, 0.2) is 0 Å². The van der Waals surface area contributed by atoms with Crippen molar-refractivity contribution in [2.45, 2.75) is 38.6 Å². The number of nitrogens with zero attached hydrogens (tertiary/aromatic N) is 1. The Kier molecular flexibility index (Phi) is 4.88. The van der Waals surface area contributed by atoms with Crippen LogP contribution in [0.25, 0.3) is 0 Å². The molecule has 1 aliphatic rings. The van der Waals surface area contributed by atoms with Gasteiger partial charge in [0.1, 0.15) is 0 Å². The van der Waals surface area contributed by atoms with E-state index in [4.69, 9.17) is 0 Å². The maximum Gasteiger partial charge on any atom is 0.232 e. The predicted octanol–water partition coefficient (Wildman–Crippen LogP) is 1.82. The van der Waals surface area contributed by atoms with Crippen LogP contribution in [0.4, 0.5) is 5.69 Å². The third-order valence-electron chi connectivity index (χ3n) is 3.49. The van der Waals surface area contributed by atoms with Gasteiger partial charge < -0.3 is 5.32 Å². The zero-order chi connectivity index (χ0) is 15.5. The number of hydrogen-bond donors (Lipinski definition) is 1. The van der Waals surface area contributed by atoms with Crippen molar-refractivity contribution in [1.82, 2.24) is 5.32 Å². The van der Waals surface area contributed by atoms with Gasteiger partial charge in [0.2, 0.25) is 15.9 Å². The molecule has 6 heteroatoms. The Hall–Kier alpha value is -1.56. The number of para-hydroxylation sites is 1. The highest BCUT2D eigenvalue weighted by molar-refractivity contribution is 7.92. The van der Waals surface area contributed by atoms with Crippen molar-refractivity contribution in [2.75, 3.05) is 17.1 Å². The second kappa shape index (κ2) is 6.47. The topological polar surface area (TPSA) is 66.5 Å². The molecule has 0 aromatic heterocycles. The van der Waals surface area contributed by atoms with Crippen molar-refractivity contribution in [1.29, 1.82) is 0 Å². The molecule has 1 saturated carbocycles. The molecule has 0 heterocycles. The Bertz CT molecular complexity index is 609. The van der Waals surface area contributed by atoms with E-state index in [0.29, 0.717) is 31.1 Å². The van der Waals surface area contributed by atoms with Crippen LogP contribution in [0.15, 0.2) is 24.3 Å². The number of rotatable bonds is 7. The van der Waals surface area contributed by atoms with Crippen molar-refractivity contribution in [3.8, 4) is 0 Å². The lowest BCUT2D eigenvalue weighted by Gasteiger charge is -2.24. The smallest absolute Gasteiger partial charge is 0.232 e. The molecule has 0 aliphatic heterocycles. The van der Waals surface area contributed by atoms with E-state index in [2.05, 4.69) is 5.32 Å². The minimum Gasteiger partial charge on any atom is -0.353 e. The lowest BCUT2D eigenvalue weighted by molar-refractivity contribution is -0.121. The average Bonchev–Trinajstić information content (AvgIpc) is 3.18. The lowest BCUT2D eigenvalue weighted by atomic mass is 10.2. The van der Waals surface area contributed by atoms with Crippen LogP contribution in [0.2, 0.25) is 0 Å². The average molecular weight is 310 g/mol. The van der Waals surface area contributed by atoms with E-state index in [1.165, 1.54) is 10.6 Å². The van der Waals surface area contributed by atoms with Gasteiger partial charge in [0.25, 0.3) is 0 Å². The van der Waals surface area contributed by atoms with Crippen molar-refractivity contribution >= 4 is 21.6 Å². The lowest BCUT2D eigenvalue weighted by Crippen LogP contribution is -2.33. The van der Waals surface area contributed by atoms with Crippen molar-refractivity contribution < 1.29 is 13.2 Å². The highest BCUT2D eigenvalue weighted by Gasteiger charge is 2.23. The maximum atomic E-state index is 12.0. The first-order valence-corrected chi connectivity index (χ1v) is 9.05. The highest BCUT2D eigenvalue weighted by Crippen LogP contribution is 2.23. The maximum absolute atomic E-state index is 12.0. The molecule has 1 fully saturated rings. The summed E-state index contributed by atoms with van der Waals surface area (Å²) in [6.45, 7) is 2.20. The quantitative estimate of drug-likeness (QED) is 0.835. The first kappa shape index (κ1) is 15.8. The fourth-order valence-corrected chi connectivity index (χ4v) is 3.24. The van der Waals surface area contributed by atoms with Gasteiger partial charge in [0.05, 0.1) is 11.9 Å². The summed E-state index contributed by atoms with van der Waals surface area (Å²) in [5.74, 6) is 0.00994. The number of sulfonamides is 1. The summed E-state index contributed by atoms with van der Waals surface area (Å²) in [4.78, 5) is 11.6. The van der Waals surface area contributed by atoms with Gasteiger partial charge in [-0.2, -0.15) is 0 Å². The number of hydrogen-bond acceptors (Lipinski definition) is 3. The molecule has 1 aliphatic carbocycles. The number of aryl methyl sites for hydroxylation is 1. The number of benzene rings is 1. The minimum atomic E-state index is -3.35. The Balaban J connectivity index is 1.97. The van der Waals surface area contributed by atoms with E-state index in [1.807, 2.05) is 25.1 Å². The Morgan fingerprint density at radius 2 is 2.00 bits per heavy atom. The minimum absolute atomic E-state index is 0.00994. The van der Waals surface area contributed by atoms with Gasteiger partial charge in [-0.1, -0.05) is 18.2 Å². The molecule has 0 saturated heterocycles. The van der Waals surface area contributed by atoms with Crippen LogP contribution >= 0.6 is 0 Å². The number of nitrogens with one attached hydrogen (secondary N) is 1. The summed E-state index contributed by atoms with van der Waals surface area (Å²) < 4.78 is 25.3. The third-order valence-corrected chi connectivity index (χ3v) is 4.67. The summed E-state index contributed by atoms with van der Waals surface area (Å²) in [6.07, 6.45) is 4.19. The van der Waals surface area contributed by atoms with Crippen LogP contribution in [0, 0.1) is 6.92 Å². The molecule has 1 aromatic rings. The number of carbonyl (C=O) groups is 1. The SMILES string of the molecule is Cc1ccccc1N(CCCC(=O)NC1CC1)S(C)(=O)=O.